The minimum Gasteiger partial charge on any atom is -0.491 e. The molecule has 0 fully saturated rings. The normalized spacial score (nSPS) is 12.2. The summed E-state index contributed by atoms with van der Waals surface area (Å²) in [6.45, 7) is 2.41. The Hall–Kier alpha value is -2.26. The lowest BCUT2D eigenvalue weighted by Gasteiger charge is -2.16. The summed E-state index contributed by atoms with van der Waals surface area (Å²) in [5.74, 6) is 0.312. The molecule has 0 radical (unpaired) electrons. The summed E-state index contributed by atoms with van der Waals surface area (Å²) >= 11 is 0. The molecule has 0 amide bonds. The fraction of sp³-hybridized carbons (Fsp3) is 0.368. The van der Waals surface area contributed by atoms with E-state index in [9.17, 15) is 21.6 Å². The van der Waals surface area contributed by atoms with Crippen LogP contribution < -0.4 is 10.1 Å². The third-order valence-corrected chi connectivity index (χ3v) is 5.74. The zero-order chi connectivity index (χ0) is 20.9. The zero-order valence-electron chi connectivity index (χ0n) is 15.9. The number of nitrogens with one attached hydrogen (secondary N) is 1. The van der Waals surface area contributed by atoms with Crippen LogP contribution >= 0.6 is 0 Å². The molecule has 2 aromatic carbocycles. The molecule has 0 bridgehead atoms. The highest BCUT2D eigenvalue weighted by Crippen LogP contribution is 2.35. The van der Waals surface area contributed by atoms with Crippen molar-refractivity contribution < 1.29 is 26.3 Å². The number of rotatable bonds is 8. The van der Waals surface area contributed by atoms with E-state index in [1.54, 1.807) is 12.1 Å². The molecule has 0 saturated carbocycles. The monoisotopic (exact) mass is 416 g/mol. The van der Waals surface area contributed by atoms with Gasteiger partial charge in [0.2, 0.25) is 10.0 Å². The average Bonchev–Trinajstić information content (AvgIpc) is 2.64. The van der Waals surface area contributed by atoms with E-state index >= 15 is 0 Å². The quantitative estimate of drug-likeness (QED) is 0.695. The minimum atomic E-state index is -4.47. The molecule has 0 saturated heterocycles. The van der Waals surface area contributed by atoms with Crippen molar-refractivity contribution in [1.82, 2.24) is 4.31 Å². The molecule has 5 nitrogen and oxygen atoms in total. The van der Waals surface area contributed by atoms with E-state index in [-0.39, 0.29) is 17.1 Å². The Bertz CT molecular complexity index is 913. The van der Waals surface area contributed by atoms with Crippen LogP contribution in [0.25, 0.3) is 0 Å². The number of sulfonamides is 1. The van der Waals surface area contributed by atoms with Gasteiger partial charge in [0.25, 0.3) is 0 Å². The van der Waals surface area contributed by atoms with Gasteiger partial charge >= 0.3 is 6.18 Å². The maximum Gasteiger partial charge on any atom is 0.416 e. The van der Waals surface area contributed by atoms with Crippen LogP contribution in [0.1, 0.15) is 24.5 Å². The van der Waals surface area contributed by atoms with Crippen molar-refractivity contribution in [2.75, 3.05) is 26.0 Å². The summed E-state index contributed by atoms with van der Waals surface area (Å²) in [6, 6.07) is 9.50. The predicted octanol–water partition coefficient (Wildman–Crippen LogP) is 4.36. The van der Waals surface area contributed by atoms with Crippen LogP contribution in [0.4, 0.5) is 18.9 Å². The van der Waals surface area contributed by atoms with Crippen LogP contribution in [0, 0.1) is 0 Å². The van der Waals surface area contributed by atoms with Gasteiger partial charge in [-0.3, -0.25) is 0 Å². The van der Waals surface area contributed by atoms with E-state index in [2.05, 4.69) is 5.32 Å². The number of ether oxygens (including phenoxy) is 1. The Morgan fingerprint density at radius 1 is 1.11 bits per heavy atom. The minimum absolute atomic E-state index is 0.114. The lowest BCUT2D eigenvalue weighted by molar-refractivity contribution is -0.137. The van der Waals surface area contributed by atoms with Crippen LogP contribution in [0.15, 0.2) is 47.4 Å². The molecule has 0 heterocycles. The smallest absolute Gasteiger partial charge is 0.416 e. The second-order valence-corrected chi connectivity index (χ2v) is 8.50. The highest BCUT2D eigenvalue weighted by Gasteiger charge is 2.31. The van der Waals surface area contributed by atoms with E-state index in [0.29, 0.717) is 24.3 Å². The summed E-state index contributed by atoms with van der Waals surface area (Å²) in [4.78, 5) is 0.114. The van der Waals surface area contributed by atoms with Crippen molar-refractivity contribution in [3.63, 3.8) is 0 Å². The molecule has 0 unspecified atom stereocenters. The van der Waals surface area contributed by atoms with Crippen molar-refractivity contribution in [3.05, 3.63) is 53.6 Å². The van der Waals surface area contributed by atoms with E-state index < -0.39 is 21.8 Å². The van der Waals surface area contributed by atoms with Crippen LogP contribution in [0.3, 0.4) is 0 Å². The number of halogens is 3. The number of hydrogen-bond donors (Lipinski definition) is 1. The molecular weight excluding hydrogens is 393 g/mol. The van der Waals surface area contributed by atoms with Gasteiger partial charge in [0.05, 0.1) is 22.8 Å². The van der Waals surface area contributed by atoms with Gasteiger partial charge in [0.15, 0.2) is 0 Å². The van der Waals surface area contributed by atoms with Crippen LogP contribution in [0.2, 0.25) is 0 Å². The first-order chi connectivity index (χ1) is 13.1. The number of anilines is 1. The number of benzene rings is 2. The molecule has 0 aromatic heterocycles. The number of nitrogens with zero attached hydrogens (tertiary/aromatic N) is 1. The van der Waals surface area contributed by atoms with Crippen LogP contribution in [-0.4, -0.2) is 33.4 Å². The Labute approximate surface area is 163 Å². The van der Waals surface area contributed by atoms with Gasteiger partial charge < -0.3 is 10.1 Å². The maximum absolute atomic E-state index is 13.0. The van der Waals surface area contributed by atoms with E-state index in [1.807, 2.05) is 6.92 Å². The summed E-state index contributed by atoms with van der Waals surface area (Å²) in [6.07, 6.45) is -3.76. The van der Waals surface area contributed by atoms with Crippen molar-refractivity contribution in [1.29, 1.82) is 0 Å². The maximum atomic E-state index is 13.0. The first kappa shape index (κ1) is 22.0. The largest absolute Gasteiger partial charge is 0.491 e. The first-order valence-electron chi connectivity index (χ1n) is 8.65. The molecule has 2 rings (SSSR count). The molecular formula is C19H23F3N2O3S. The average molecular weight is 416 g/mol. The molecule has 154 valence electrons. The van der Waals surface area contributed by atoms with Gasteiger partial charge in [0, 0.05) is 20.6 Å². The number of alkyl halides is 3. The molecule has 2 aromatic rings. The summed E-state index contributed by atoms with van der Waals surface area (Å²) in [5, 5.41) is 2.93. The van der Waals surface area contributed by atoms with Crippen molar-refractivity contribution in [3.8, 4) is 5.75 Å². The van der Waals surface area contributed by atoms with Gasteiger partial charge in [-0.15, -0.1) is 0 Å². The molecule has 0 aliphatic heterocycles. The molecule has 1 N–H and O–H groups in total. The fourth-order valence-corrected chi connectivity index (χ4v) is 3.38. The van der Waals surface area contributed by atoms with Crippen molar-refractivity contribution in [2.45, 2.75) is 31.0 Å². The highest BCUT2D eigenvalue weighted by atomic mass is 32.2. The van der Waals surface area contributed by atoms with Crippen LogP contribution in [-0.2, 0) is 22.7 Å². The van der Waals surface area contributed by atoms with Crippen molar-refractivity contribution in [2.24, 2.45) is 0 Å². The fourth-order valence-electron chi connectivity index (χ4n) is 2.41. The second-order valence-electron chi connectivity index (χ2n) is 6.35. The molecule has 0 spiro atoms. The SMILES string of the molecule is CCCOc1ccc(C(F)(F)F)cc1NCc1cccc(S(=O)(=O)N(C)C)c1. The molecule has 9 heteroatoms. The summed E-state index contributed by atoms with van der Waals surface area (Å²) in [7, 11) is -0.735. The molecule has 0 atom stereocenters. The third-order valence-electron chi connectivity index (χ3n) is 3.93. The van der Waals surface area contributed by atoms with E-state index in [1.165, 1.54) is 32.3 Å². The molecule has 0 aliphatic rings. The lowest BCUT2D eigenvalue weighted by atomic mass is 10.1. The number of hydrogen-bond acceptors (Lipinski definition) is 4. The third kappa shape index (κ3) is 5.39. The van der Waals surface area contributed by atoms with E-state index in [4.69, 9.17) is 4.74 Å². The lowest BCUT2D eigenvalue weighted by Crippen LogP contribution is -2.22. The Morgan fingerprint density at radius 2 is 1.82 bits per heavy atom. The topological polar surface area (TPSA) is 58.6 Å². The zero-order valence-corrected chi connectivity index (χ0v) is 16.7. The predicted molar refractivity (Wildman–Crippen MR) is 102 cm³/mol. The Morgan fingerprint density at radius 3 is 2.43 bits per heavy atom. The molecule has 0 aliphatic carbocycles. The molecule has 28 heavy (non-hydrogen) atoms. The second kappa shape index (κ2) is 8.83. The van der Waals surface area contributed by atoms with Crippen molar-refractivity contribution >= 4 is 15.7 Å². The van der Waals surface area contributed by atoms with E-state index in [0.717, 1.165) is 16.4 Å². The van der Waals surface area contributed by atoms with Crippen LogP contribution in [0.5, 0.6) is 5.75 Å². The summed E-state index contributed by atoms with van der Waals surface area (Å²) < 4.78 is 70.2. The standard InChI is InChI=1S/C19H23F3N2O3S/c1-4-10-27-18-9-8-15(19(20,21)22)12-17(18)23-13-14-6-5-7-16(11-14)28(25,26)24(2)3/h5-9,11-12,23H,4,10,13H2,1-3H3. The van der Waals surface area contributed by atoms with Gasteiger partial charge in [-0.2, -0.15) is 13.2 Å². The first-order valence-corrected chi connectivity index (χ1v) is 10.1. The highest BCUT2D eigenvalue weighted by molar-refractivity contribution is 7.89. The Kier molecular flexibility index (Phi) is 6.95. The van der Waals surface area contributed by atoms with Gasteiger partial charge in [-0.05, 0) is 42.3 Å². The van der Waals surface area contributed by atoms with Gasteiger partial charge in [0.1, 0.15) is 5.75 Å². The Balaban J connectivity index is 2.28. The van der Waals surface area contributed by atoms with Gasteiger partial charge in [-0.25, -0.2) is 12.7 Å². The summed E-state index contributed by atoms with van der Waals surface area (Å²) in [5.41, 5.74) is 0.0220. The van der Waals surface area contributed by atoms with Gasteiger partial charge in [-0.1, -0.05) is 19.1 Å².